The SMILES string of the molecule is Cc1cccc(N2C(=S)N[C@H](c3ccccn3)[C@H]2c2ccn(C3CCCC3)c2)c1. The summed E-state index contributed by atoms with van der Waals surface area (Å²) in [6, 6.07) is 17.6. The van der Waals surface area contributed by atoms with E-state index in [-0.39, 0.29) is 12.1 Å². The number of anilines is 1. The van der Waals surface area contributed by atoms with E-state index < -0.39 is 0 Å². The maximum atomic E-state index is 5.81. The zero-order chi connectivity index (χ0) is 19.8. The Morgan fingerprint density at radius 3 is 2.69 bits per heavy atom. The minimum Gasteiger partial charge on any atom is -0.351 e. The maximum absolute atomic E-state index is 5.81. The highest BCUT2D eigenvalue weighted by molar-refractivity contribution is 7.80. The number of pyridine rings is 1. The number of aromatic nitrogens is 2. The third-order valence-electron chi connectivity index (χ3n) is 6.20. The molecule has 1 N–H and O–H groups in total. The number of benzene rings is 1. The van der Waals surface area contributed by atoms with Crippen LogP contribution in [0.4, 0.5) is 5.69 Å². The van der Waals surface area contributed by atoms with Crippen molar-refractivity contribution in [2.24, 2.45) is 0 Å². The largest absolute Gasteiger partial charge is 0.351 e. The zero-order valence-electron chi connectivity index (χ0n) is 16.7. The third kappa shape index (κ3) is 3.44. The fourth-order valence-electron chi connectivity index (χ4n) is 4.78. The van der Waals surface area contributed by atoms with Gasteiger partial charge in [0.25, 0.3) is 0 Å². The molecule has 0 bridgehead atoms. The van der Waals surface area contributed by atoms with Crippen LogP contribution in [0.15, 0.2) is 67.1 Å². The van der Waals surface area contributed by atoms with Crippen LogP contribution in [0.2, 0.25) is 0 Å². The minimum atomic E-state index is 0.0173. The Morgan fingerprint density at radius 1 is 1.07 bits per heavy atom. The van der Waals surface area contributed by atoms with Gasteiger partial charge in [0.05, 0.1) is 17.8 Å². The van der Waals surface area contributed by atoms with Crippen LogP contribution in [0, 0.1) is 6.92 Å². The van der Waals surface area contributed by atoms with E-state index in [1.807, 2.05) is 18.3 Å². The van der Waals surface area contributed by atoms with E-state index in [4.69, 9.17) is 12.2 Å². The molecule has 4 nitrogen and oxygen atoms in total. The molecule has 2 fully saturated rings. The van der Waals surface area contributed by atoms with Gasteiger partial charge in [0.15, 0.2) is 5.11 Å². The summed E-state index contributed by atoms with van der Waals surface area (Å²) < 4.78 is 2.41. The summed E-state index contributed by atoms with van der Waals surface area (Å²) >= 11 is 5.81. The Bertz CT molecular complexity index is 1010. The maximum Gasteiger partial charge on any atom is 0.174 e. The number of nitrogens with zero attached hydrogens (tertiary/aromatic N) is 3. The van der Waals surface area contributed by atoms with Gasteiger partial charge >= 0.3 is 0 Å². The van der Waals surface area contributed by atoms with Crippen LogP contribution < -0.4 is 10.2 Å². The highest BCUT2D eigenvalue weighted by Crippen LogP contribution is 2.42. The number of hydrogen-bond donors (Lipinski definition) is 1. The molecule has 1 saturated carbocycles. The number of aryl methyl sites for hydroxylation is 1. The van der Waals surface area contributed by atoms with Gasteiger partial charge in [-0.15, -0.1) is 0 Å². The van der Waals surface area contributed by atoms with Crippen molar-refractivity contribution in [1.82, 2.24) is 14.9 Å². The molecule has 1 aromatic carbocycles. The first-order chi connectivity index (χ1) is 14.2. The van der Waals surface area contributed by atoms with Crippen LogP contribution in [-0.4, -0.2) is 14.7 Å². The van der Waals surface area contributed by atoms with Crippen LogP contribution >= 0.6 is 12.2 Å². The van der Waals surface area contributed by atoms with Gasteiger partial charge in [0, 0.05) is 30.3 Å². The van der Waals surface area contributed by atoms with Crippen LogP contribution in [0.1, 0.15) is 60.6 Å². The lowest BCUT2D eigenvalue weighted by molar-refractivity contribution is 0.515. The van der Waals surface area contributed by atoms with Crippen LogP contribution in [-0.2, 0) is 0 Å². The number of thiocarbonyl (C=S) groups is 1. The lowest BCUT2D eigenvalue weighted by Crippen LogP contribution is -2.29. The first-order valence-corrected chi connectivity index (χ1v) is 10.9. The van der Waals surface area contributed by atoms with Crippen molar-refractivity contribution >= 4 is 23.0 Å². The lowest BCUT2D eigenvalue weighted by atomic mass is 9.98. The Balaban J connectivity index is 1.58. The van der Waals surface area contributed by atoms with Crippen LogP contribution in [0.3, 0.4) is 0 Å². The second-order valence-electron chi connectivity index (χ2n) is 8.17. The lowest BCUT2D eigenvalue weighted by Gasteiger charge is -2.27. The standard InChI is InChI=1S/C24H26N4S/c1-17-7-6-10-20(15-17)28-23(18-12-14-27(16-18)19-8-2-3-9-19)22(26-24(28)29)21-11-4-5-13-25-21/h4-7,10-16,19,22-23H,2-3,8-9H2,1H3,(H,26,29)/t22-,23-/m1/s1. The zero-order valence-corrected chi connectivity index (χ0v) is 17.5. The fourth-order valence-corrected chi connectivity index (χ4v) is 5.13. The summed E-state index contributed by atoms with van der Waals surface area (Å²) in [4.78, 5) is 6.91. The van der Waals surface area contributed by atoms with Crippen molar-refractivity contribution in [3.8, 4) is 0 Å². The van der Waals surface area contributed by atoms with Crippen molar-refractivity contribution in [3.63, 3.8) is 0 Å². The quantitative estimate of drug-likeness (QED) is 0.586. The Labute approximate surface area is 177 Å². The summed E-state index contributed by atoms with van der Waals surface area (Å²) in [6.45, 7) is 2.12. The molecule has 2 aromatic heterocycles. The summed E-state index contributed by atoms with van der Waals surface area (Å²) in [6.07, 6.45) is 11.7. The molecule has 3 aromatic rings. The van der Waals surface area contributed by atoms with E-state index in [1.54, 1.807) is 0 Å². The number of nitrogens with one attached hydrogen (secondary N) is 1. The van der Waals surface area contributed by atoms with Gasteiger partial charge in [0.1, 0.15) is 0 Å². The highest BCUT2D eigenvalue weighted by atomic mass is 32.1. The number of rotatable bonds is 4. The molecule has 1 saturated heterocycles. The average Bonchev–Trinajstić information content (AvgIpc) is 3.48. The van der Waals surface area contributed by atoms with E-state index in [1.165, 1.54) is 36.8 Å². The smallest absolute Gasteiger partial charge is 0.174 e. The summed E-state index contributed by atoms with van der Waals surface area (Å²) in [5.74, 6) is 0. The van der Waals surface area contributed by atoms with Gasteiger partial charge in [0.2, 0.25) is 0 Å². The molecule has 3 heterocycles. The summed E-state index contributed by atoms with van der Waals surface area (Å²) in [7, 11) is 0. The second-order valence-corrected chi connectivity index (χ2v) is 8.55. The average molecular weight is 403 g/mol. The third-order valence-corrected chi connectivity index (χ3v) is 6.52. The molecule has 2 atom stereocenters. The van der Waals surface area contributed by atoms with Crippen LogP contribution in [0.5, 0.6) is 0 Å². The molecule has 0 radical (unpaired) electrons. The highest BCUT2D eigenvalue weighted by Gasteiger charge is 2.41. The fraction of sp³-hybridized carbons (Fsp3) is 0.333. The van der Waals surface area contributed by atoms with E-state index >= 15 is 0 Å². The van der Waals surface area contributed by atoms with Crippen molar-refractivity contribution in [1.29, 1.82) is 0 Å². The molecular formula is C24H26N4S. The molecule has 2 aliphatic rings. The van der Waals surface area contributed by atoms with Crippen LogP contribution in [0.25, 0.3) is 0 Å². The van der Waals surface area contributed by atoms with Gasteiger partial charge in [-0.1, -0.05) is 31.0 Å². The van der Waals surface area contributed by atoms with E-state index in [0.29, 0.717) is 6.04 Å². The molecule has 1 aliphatic heterocycles. The Hall–Kier alpha value is -2.66. The molecule has 5 rings (SSSR count). The molecule has 5 heteroatoms. The molecule has 0 amide bonds. The van der Waals surface area contributed by atoms with Gasteiger partial charge < -0.3 is 14.8 Å². The van der Waals surface area contributed by atoms with Crippen molar-refractivity contribution in [3.05, 3.63) is 83.9 Å². The van der Waals surface area contributed by atoms with E-state index in [0.717, 1.165) is 16.5 Å². The molecular weight excluding hydrogens is 376 g/mol. The molecule has 148 valence electrons. The predicted octanol–water partition coefficient (Wildman–Crippen LogP) is 5.48. The minimum absolute atomic E-state index is 0.0173. The van der Waals surface area contributed by atoms with Gasteiger partial charge in [-0.05, 0) is 73.4 Å². The molecule has 0 spiro atoms. The van der Waals surface area contributed by atoms with Crippen molar-refractivity contribution < 1.29 is 0 Å². The van der Waals surface area contributed by atoms with Crippen molar-refractivity contribution in [2.75, 3.05) is 4.90 Å². The summed E-state index contributed by atoms with van der Waals surface area (Å²) in [5, 5.41) is 4.31. The number of hydrogen-bond acceptors (Lipinski definition) is 2. The first-order valence-electron chi connectivity index (χ1n) is 10.5. The molecule has 29 heavy (non-hydrogen) atoms. The molecule has 0 unspecified atom stereocenters. The topological polar surface area (TPSA) is 33.1 Å². The Morgan fingerprint density at radius 2 is 1.93 bits per heavy atom. The van der Waals surface area contributed by atoms with E-state index in [2.05, 4.69) is 75.5 Å². The first kappa shape index (κ1) is 18.4. The van der Waals surface area contributed by atoms with Gasteiger partial charge in [-0.25, -0.2) is 0 Å². The van der Waals surface area contributed by atoms with E-state index in [9.17, 15) is 0 Å². The Kier molecular flexibility index (Phi) is 4.84. The van der Waals surface area contributed by atoms with Gasteiger partial charge in [-0.3, -0.25) is 4.98 Å². The summed E-state index contributed by atoms with van der Waals surface area (Å²) in [5.41, 5.74) is 4.65. The van der Waals surface area contributed by atoms with Crippen molar-refractivity contribution in [2.45, 2.75) is 50.7 Å². The monoisotopic (exact) mass is 402 g/mol. The van der Waals surface area contributed by atoms with Gasteiger partial charge in [-0.2, -0.15) is 0 Å². The second kappa shape index (κ2) is 7.64. The normalized spacial score (nSPS) is 22.2. The predicted molar refractivity (Wildman–Crippen MR) is 121 cm³/mol. The molecule has 1 aliphatic carbocycles.